The molecule has 5 N–H and O–H groups in total. The predicted octanol–water partition coefficient (Wildman–Crippen LogP) is -12.0. The third-order valence-electron chi connectivity index (χ3n) is 1.42. The number of rotatable bonds is 5. The number of aliphatic hydroxyl groups is 5. The zero-order chi connectivity index (χ0) is 9.72. The summed E-state index contributed by atoms with van der Waals surface area (Å²) in [4.78, 5) is 9.90. The maximum absolute atomic E-state index is 9.90. The molecule has 0 heterocycles. The Morgan fingerprint density at radius 2 is 1.47 bits per heavy atom. The SMILES string of the molecule is O=C[C@H](O)[C@@H](O)[C@H](O)[C@H](O)CO.[H-].[H-].[H-].[Li+].[Na+].[Na+]. The monoisotopic (exact) mass is 236 g/mol. The molecule has 0 saturated heterocycles. The van der Waals surface area contributed by atoms with Crippen molar-refractivity contribution in [3.63, 3.8) is 0 Å². The average molecular weight is 236 g/mol. The normalized spacial score (nSPS) is 16.9. The Morgan fingerprint density at radius 3 is 1.73 bits per heavy atom. The van der Waals surface area contributed by atoms with Crippen molar-refractivity contribution in [1.82, 2.24) is 0 Å². The van der Waals surface area contributed by atoms with Crippen LogP contribution in [0.4, 0.5) is 0 Å². The summed E-state index contributed by atoms with van der Waals surface area (Å²) < 4.78 is 0. The summed E-state index contributed by atoms with van der Waals surface area (Å²) in [6.07, 6.45) is -6.84. The number of hydrogen-bond donors (Lipinski definition) is 5. The Labute approximate surface area is 148 Å². The van der Waals surface area contributed by atoms with Gasteiger partial charge in [0.05, 0.1) is 6.61 Å². The molecule has 0 amide bonds. The minimum absolute atomic E-state index is 0. The Hall–Kier alpha value is 2.07. The van der Waals surface area contributed by atoms with Gasteiger partial charge in [0, 0.05) is 0 Å². The van der Waals surface area contributed by atoms with Crippen LogP contribution >= 0.6 is 0 Å². The van der Waals surface area contributed by atoms with Crippen molar-refractivity contribution in [2.24, 2.45) is 0 Å². The summed E-state index contributed by atoms with van der Waals surface area (Å²) in [5, 5.41) is 43.5. The van der Waals surface area contributed by atoms with Crippen LogP contribution < -0.4 is 78.0 Å². The summed E-state index contributed by atoms with van der Waals surface area (Å²) in [5.41, 5.74) is 0. The maximum Gasteiger partial charge on any atom is 1.00 e. The Kier molecular flexibility index (Phi) is 24.3. The van der Waals surface area contributed by atoms with E-state index in [1.165, 1.54) is 0 Å². The van der Waals surface area contributed by atoms with Crippen LogP contribution in [0.2, 0.25) is 0 Å². The third kappa shape index (κ3) is 9.74. The van der Waals surface area contributed by atoms with Crippen molar-refractivity contribution in [1.29, 1.82) is 0 Å². The molecule has 0 rings (SSSR count). The molecular weight excluding hydrogens is 221 g/mol. The average Bonchev–Trinajstić information content (AvgIpc) is 2.12. The fraction of sp³-hybridized carbons (Fsp3) is 0.833. The van der Waals surface area contributed by atoms with E-state index in [1.54, 1.807) is 0 Å². The van der Waals surface area contributed by atoms with E-state index in [-0.39, 0.29) is 88.5 Å². The number of carbonyl (C=O) groups excluding carboxylic acids is 1. The zero-order valence-corrected chi connectivity index (χ0v) is 13.2. The molecule has 0 aliphatic heterocycles. The van der Waals surface area contributed by atoms with Crippen LogP contribution in [-0.2, 0) is 4.79 Å². The van der Waals surface area contributed by atoms with Gasteiger partial charge >= 0.3 is 78.0 Å². The van der Waals surface area contributed by atoms with E-state index in [9.17, 15) is 4.79 Å². The topological polar surface area (TPSA) is 118 Å². The first kappa shape index (κ1) is 25.8. The van der Waals surface area contributed by atoms with Gasteiger partial charge in [-0.3, -0.25) is 0 Å². The van der Waals surface area contributed by atoms with Crippen molar-refractivity contribution in [3.05, 3.63) is 0 Å². The first-order valence-electron chi connectivity index (χ1n) is 3.33. The fourth-order valence-corrected chi connectivity index (χ4v) is 0.618. The largest absolute Gasteiger partial charge is 1.00 e. The summed E-state index contributed by atoms with van der Waals surface area (Å²) in [6, 6.07) is 0. The quantitative estimate of drug-likeness (QED) is 0.239. The molecule has 0 bridgehead atoms. The molecule has 0 fully saturated rings. The molecule has 9 heteroatoms. The van der Waals surface area contributed by atoms with Crippen LogP contribution in [0.3, 0.4) is 0 Å². The van der Waals surface area contributed by atoms with E-state index in [0.717, 1.165) is 0 Å². The molecule has 6 nitrogen and oxygen atoms in total. The summed E-state index contributed by atoms with van der Waals surface area (Å²) in [5.74, 6) is 0. The molecule has 0 aliphatic carbocycles. The fourth-order valence-electron chi connectivity index (χ4n) is 0.618. The van der Waals surface area contributed by atoms with Gasteiger partial charge in [0.2, 0.25) is 0 Å². The van der Waals surface area contributed by atoms with Crippen LogP contribution in [0.5, 0.6) is 0 Å². The first-order valence-corrected chi connectivity index (χ1v) is 3.33. The number of aldehydes is 1. The van der Waals surface area contributed by atoms with E-state index in [0.29, 0.717) is 0 Å². The Morgan fingerprint density at radius 1 is 1.07 bits per heavy atom. The van der Waals surface area contributed by atoms with Gasteiger partial charge in [0.1, 0.15) is 24.4 Å². The minimum atomic E-state index is -1.79. The molecule has 0 aromatic heterocycles. The van der Waals surface area contributed by atoms with Crippen LogP contribution in [0.15, 0.2) is 0 Å². The van der Waals surface area contributed by atoms with Crippen LogP contribution in [-0.4, -0.2) is 62.8 Å². The summed E-state index contributed by atoms with van der Waals surface area (Å²) in [7, 11) is 0. The van der Waals surface area contributed by atoms with E-state index < -0.39 is 31.0 Å². The third-order valence-corrected chi connectivity index (χ3v) is 1.42. The van der Waals surface area contributed by atoms with Crippen molar-refractivity contribution in [2.45, 2.75) is 24.4 Å². The van der Waals surface area contributed by atoms with Gasteiger partial charge in [-0.15, -0.1) is 0 Å². The van der Waals surface area contributed by atoms with Gasteiger partial charge < -0.3 is 34.6 Å². The van der Waals surface area contributed by atoms with Gasteiger partial charge in [-0.05, 0) is 0 Å². The van der Waals surface area contributed by atoms with Crippen molar-refractivity contribution < 1.29 is 113 Å². The summed E-state index contributed by atoms with van der Waals surface area (Å²) in [6.45, 7) is -0.760. The molecule has 0 aromatic rings. The predicted molar refractivity (Wildman–Crippen MR) is 40.5 cm³/mol. The van der Waals surface area contributed by atoms with E-state index in [2.05, 4.69) is 0 Å². The molecule has 0 radical (unpaired) electrons. The molecule has 15 heavy (non-hydrogen) atoms. The Bertz CT molecular complexity index is 163. The van der Waals surface area contributed by atoms with Crippen molar-refractivity contribution in [2.75, 3.05) is 6.61 Å². The van der Waals surface area contributed by atoms with E-state index >= 15 is 0 Å². The second kappa shape index (κ2) is 14.1. The molecule has 78 valence electrons. The standard InChI is InChI=1S/C6H12O6.Li.2Na.3H/c7-1-3(9)5(11)6(12)4(10)2-8;;;;;;/h1,3-6,8-12H,2H2;;;;;;/q;3*+1;3*-1/t3-,4+,5+,6+;;;;;;/m0....../s1. The van der Waals surface area contributed by atoms with Gasteiger partial charge in [-0.25, -0.2) is 0 Å². The molecule has 0 saturated carbocycles. The van der Waals surface area contributed by atoms with Gasteiger partial charge in [-0.1, -0.05) is 0 Å². The smallest absolute Gasteiger partial charge is 1.00 e. The minimum Gasteiger partial charge on any atom is -1.00 e. The molecule has 0 spiro atoms. The summed E-state index contributed by atoms with van der Waals surface area (Å²) >= 11 is 0. The zero-order valence-electron chi connectivity index (χ0n) is 12.2. The Balaban J connectivity index is -0.0000000403. The van der Waals surface area contributed by atoms with Crippen molar-refractivity contribution >= 4 is 6.29 Å². The molecule has 4 atom stereocenters. The van der Waals surface area contributed by atoms with Gasteiger partial charge in [0.15, 0.2) is 6.29 Å². The van der Waals surface area contributed by atoms with Crippen LogP contribution in [0, 0.1) is 0 Å². The second-order valence-electron chi connectivity index (χ2n) is 2.36. The molecule has 0 unspecified atom stereocenters. The first-order chi connectivity index (χ1) is 5.54. The van der Waals surface area contributed by atoms with Crippen molar-refractivity contribution in [3.8, 4) is 0 Å². The van der Waals surface area contributed by atoms with Gasteiger partial charge in [0.25, 0.3) is 0 Å². The van der Waals surface area contributed by atoms with E-state index in [4.69, 9.17) is 25.5 Å². The molecular formula is C6H15LiNa2O6. The maximum atomic E-state index is 9.90. The van der Waals surface area contributed by atoms with Crippen LogP contribution in [0.25, 0.3) is 0 Å². The van der Waals surface area contributed by atoms with Gasteiger partial charge in [-0.2, -0.15) is 0 Å². The molecule has 0 aliphatic rings. The number of hydrogen-bond acceptors (Lipinski definition) is 6. The van der Waals surface area contributed by atoms with Crippen LogP contribution in [0.1, 0.15) is 4.28 Å². The van der Waals surface area contributed by atoms with E-state index in [1.807, 2.05) is 0 Å². The number of aliphatic hydroxyl groups excluding tert-OH is 5. The molecule has 0 aromatic carbocycles. The second-order valence-corrected chi connectivity index (χ2v) is 2.36. The number of carbonyl (C=O) groups is 1.